The molecule has 0 unspecified atom stereocenters. The van der Waals surface area contributed by atoms with E-state index in [1.54, 1.807) is 6.92 Å². The maximum atomic E-state index is 11.5. The Morgan fingerprint density at radius 3 is 2.53 bits per heavy atom. The second kappa shape index (κ2) is 3.90. The van der Waals surface area contributed by atoms with E-state index in [2.05, 4.69) is 0 Å². The number of aromatic hydroxyl groups is 1. The minimum Gasteiger partial charge on any atom is -0.507 e. The van der Waals surface area contributed by atoms with Crippen molar-refractivity contribution >= 4 is 15.8 Å². The molecule has 0 fully saturated rings. The molecule has 0 aliphatic rings. The van der Waals surface area contributed by atoms with E-state index in [0.29, 0.717) is 5.56 Å². The average Bonchev–Trinajstić information content (AvgIpc) is 2.06. The van der Waals surface area contributed by atoms with Gasteiger partial charge >= 0.3 is 5.97 Å². The number of carbonyl (C=O) groups is 1. The first-order valence-corrected chi connectivity index (χ1v) is 5.72. The van der Waals surface area contributed by atoms with E-state index in [9.17, 15) is 18.3 Å². The van der Waals surface area contributed by atoms with Gasteiger partial charge in [-0.25, -0.2) is 8.42 Å². The van der Waals surface area contributed by atoms with Gasteiger partial charge in [0, 0.05) is 0 Å². The molecule has 1 rings (SSSR count). The van der Waals surface area contributed by atoms with E-state index in [0.717, 1.165) is 0 Å². The van der Waals surface area contributed by atoms with Gasteiger partial charge in [0.05, 0.1) is 0 Å². The van der Waals surface area contributed by atoms with Gasteiger partial charge in [-0.1, -0.05) is 6.07 Å². The minimum absolute atomic E-state index is 0.343. The highest BCUT2D eigenvalue weighted by molar-refractivity contribution is 7.92. The summed E-state index contributed by atoms with van der Waals surface area (Å²) >= 11 is 0. The van der Waals surface area contributed by atoms with E-state index in [-0.39, 0.29) is 4.90 Å². The SMILES string of the molecule is Cc1ccc(O)c(S(=O)(=O)CC(=O)O)c1. The van der Waals surface area contributed by atoms with Gasteiger partial charge in [0.2, 0.25) is 0 Å². The van der Waals surface area contributed by atoms with Crippen LogP contribution in [0.5, 0.6) is 5.75 Å². The van der Waals surface area contributed by atoms with Gasteiger partial charge in [-0.05, 0) is 24.6 Å². The molecule has 0 spiro atoms. The van der Waals surface area contributed by atoms with Crippen molar-refractivity contribution in [3.05, 3.63) is 23.8 Å². The smallest absolute Gasteiger partial charge is 0.319 e. The van der Waals surface area contributed by atoms with Gasteiger partial charge in [-0.3, -0.25) is 4.79 Å². The van der Waals surface area contributed by atoms with Crippen LogP contribution in [0.25, 0.3) is 0 Å². The molecule has 0 bridgehead atoms. The molecule has 1 aromatic carbocycles. The van der Waals surface area contributed by atoms with Crippen molar-refractivity contribution in [2.75, 3.05) is 5.75 Å². The Morgan fingerprint density at radius 2 is 2.00 bits per heavy atom. The fourth-order valence-corrected chi connectivity index (χ4v) is 2.34. The number of hydrogen-bond donors (Lipinski definition) is 2. The highest BCUT2D eigenvalue weighted by atomic mass is 32.2. The van der Waals surface area contributed by atoms with Crippen molar-refractivity contribution in [2.24, 2.45) is 0 Å². The van der Waals surface area contributed by atoms with Crippen molar-refractivity contribution in [1.29, 1.82) is 0 Å². The number of phenolic OH excluding ortho intramolecular Hbond substituents is 1. The summed E-state index contributed by atoms with van der Waals surface area (Å²) in [5.41, 5.74) is 0.636. The molecule has 82 valence electrons. The fourth-order valence-electron chi connectivity index (χ4n) is 1.11. The first kappa shape index (κ1) is 11.5. The third kappa shape index (κ3) is 2.69. The van der Waals surface area contributed by atoms with Crippen LogP contribution in [0.1, 0.15) is 5.56 Å². The summed E-state index contributed by atoms with van der Waals surface area (Å²) < 4.78 is 22.9. The molecule has 6 heteroatoms. The monoisotopic (exact) mass is 230 g/mol. The van der Waals surface area contributed by atoms with E-state index >= 15 is 0 Å². The Labute approximate surface area is 86.9 Å². The molecule has 15 heavy (non-hydrogen) atoms. The van der Waals surface area contributed by atoms with Crippen LogP contribution in [0, 0.1) is 6.92 Å². The molecule has 0 aliphatic carbocycles. The second-order valence-corrected chi connectivity index (χ2v) is 5.08. The van der Waals surface area contributed by atoms with E-state index < -0.39 is 27.3 Å². The molecule has 2 N–H and O–H groups in total. The zero-order chi connectivity index (χ0) is 11.6. The van der Waals surface area contributed by atoms with Crippen LogP contribution in [0.15, 0.2) is 23.1 Å². The predicted octanol–water partition coefficient (Wildman–Crippen LogP) is 0.559. The molecule has 0 saturated carbocycles. The second-order valence-electron chi connectivity index (χ2n) is 3.12. The number of benzene rings is 1. The highest BCUT2D eigenvalue weighted by Gasteiger charge is 2.22. The van der Waals surface area contributed by atoms with Crippen molar-refractivity contribution in [1.82, 2.24) is 0 Å². The first-order chi connectivity index (χ1) is 6.83. The standard InChI is InChI=1S/C9H10O5S/c1-6-2-3-7(10)8(4-6)15(13,14)5-9(11)12/h2-4,10H,5H2,1H3,(H,11,12). The van der Waals surface area contributed by atoms with Crippen molar-refractivity contribution in [3.8, 4) is 5.75 Å². The number of aliphatic carboxylic acids is 1. The fraction of sp³-hybridized carbons (Fsp3) is 0.222. The van der Waals surface area contributed by atoms with Gasteiger partial charge in [0.25, 0.3) is 0 Å². The Hall–Kier alpha value is -1.56. The molecule has 0 amide bonds. The Morgan fingerprint density at radius 1 is 1.40 bits per heavy atom. The van der Waals surface area contributed by atoms with E-state index in [1.807, 2.05) is 0 Å². The van der Waals surface area contributed by atoms with Crippen LogP contribution < -0.4 is 0 Å². The van der Waals surface area contributed by atoms with E-state index in [1.165, 1.54) is 18.2 Å². The molecular weight excluding hydrogens is 220 g/mol. The summed E-state index contributed by atoms with van der Waals surface area (Å²) in [5, 5.41) is 17.7. The number of carboxylic acids is 1. The number of rotatable bonds is 3. The molecule has 0 aliphatic heterocycles. The lowest BCUT2D eigenvalue weighted by Gasteiger charge is -2.05. The molecule has 0 radical (unpaired) electrons. The number of phenols is 1. The summed E-state index contributed by atoms with van der Waals surface area (Å²) in [4.78, 5) is 9.98. The molecule has 5 nitrogen and oxygen atoms in total. The number of hydrogen-bond acceptors (Lipinski definition) is 4. The van der Waals surface area contributed by atoms with Gasteiger partial charge in [0.15, 0.2) is 15.6 Å². The lowest BCUT2D eigenvalue weighted by Crippen LogP contribution is -2.15. The minimum atomic E-state index is -3.96. The zero-order valence-electron chi connectivity index (χ0n) is 7.97. The Kier molecular flexibility index (Phi) is 2.99. The zero-order valence-corrected chi connectivity index (χ0v) is 8.78. The molecule has 1 aromatic rings. The van der Waals surface area contributed by atoms with Crippen LogP contribution >= 0.6 is 0 Å². The molecule has 0 aromatic heterocycles. The van der Waals surface area contributed by atoms with Crippen LogP contribution in [0.2, 0.25) is 0 Å². The summed E-state index contributed by atoms with van der Waals surface area (Å²) in [6.45, 7) is 1.65. The van der Waals surface area contributed by atoms with Crippen LogP contribution in [0.3, 0.4) is 0 Å². The largest absolute Gasteiger partial charge is 0.507 e. The lowest BCUT2D eigenvalue weighted by atomic mass is 10.2. The third-order valence-corrected chi connectivity index (χ3v) is 3.39. The van der Waals surface area contributed by atoms with Crippen LogP contribution in [-0.4, -0.2) is 30.4 Å². The molecular formula is C9H10O5S. The predicted molar refractivity (Wildman–Crippen MR) is 52.5 cm³/mol. The molecule has 0 atom stereocenters. The van der Waals surface area contributed by atoms with Crippen LogP contribution in [0.4, 0.5) is 0 Å². The number of sulfone groups is 1. The van der Waals surface area contributed by atoms with Gasteiger partial charge < -0.3 is 10.2 Å². The summed E-state index contributed by atoms with van der Waals surface area (Å²) in [6, 6.07) is 4.01. The van der Waals surface area contributed by atoms with Gasteiger partial charge in [-0.2, -0.15) is 0 Å². The summed E-state index contributed by atoms with van der Waals surface area (Å²) in [7, 11) is -3.96. The summed E-state index contributed by atoms with van der Waals surface area (Å²) in [5.74, 6) is -2.90. The van der Waals surface area contributed by atoms with Gasteiger partial charge in [-0.15, -0.1) is 0 Å². The lowest BCUT2D eigenvalue weighted by molar-refractivity contribution is -0.134. The van der Waals surface area contributed by atoms with Gasteiger partial charge in [0.1, 0.15) is 10.6 Å². The Balaban J connectivity index is 3.26. The third-order valence-electron chi connectivity index (χ3n) is 1.76. The molecule has 0 heterocycles. The number of aryl methyl sites for hydroxylation is 1. The van der Waals surface area contributed by atoms with E-state index in [4.69, 9.17) is 5.11 Å². The number of carboxylic acid groups (broad SMARTS) is 1. The topological polar surface area (TPSA) is 91.7 Å². The quantitative estimate of drug-likeness (QED) is 0.791. The maximum Gasteiger partial charge on any atom is 0.319 e. The van der Waals surface area contributed by atoms with Crippen molar-refractivity contribution in [3.63, 3.8) is 0 Å². The highest BCUT2D eigenvalue weighted by Crippen LogP contribution is 2.24. The van der Waals surface area contributed by atoms with Crippen molar-refractivity contribution < 1.29 is 23.4 Å². The first-order valence-electron chi connectivity index (χ1n) is 4.07. The van der Waals surface area contributed by atoms with Crippen LogP contribution in [-0.2, 0) is 14.6 Å². The Bertz CT molecular complexity index is 489. The normalized spacial score (nSPS) is 11.3. The average molecular weight is 230 g/mol. The van der Waals surface area contributed by atoms with Crippen molar-refractivity contribution in [2.45, 2.75) is 11.8 Å². The molecule has 0 saturated heterocycles. The summed E-state index contributed by atoms with van der Waals surface area (Å²) in [6.07, 6.45) is 0. The maximum absolute atomic E-state index is 11.5.